The van der Waals surface area contributed by atoms with Crippen molar-refractivity contribution in [3.63, 3.8) is 0 Å². The van der Waals surface area contributed by atoms with Crippen LogP contribution in [0, 0.1) is 38.3 Å². The lowest BCUT2D eigenvalue weighted by Crippen LogP contribution is -2.42. The molecular formula is C34H39ClF5N3O4. The Kier molecular flexibility index (Phi) is 12.0. The standard InChI is InChI=1S/C34H39ClF5N3O4/c1-17(2)10-26(43-16-21(8-9-42(6)7)29(34(38,39)40)31(37)33(43)47)32(46)41-25(15-27(44)45)23-13-22(14-24(35)30(23)36)28-19(4)11-18(3)12-20(28)5/h11-14,16-17,25-26H,8-10,15H2,1-7H3,(H,41,46)(H,44,45). The van der Waals surface area contributed by atoms with E-state index in [2.05, 4.69) is 5.32 Å². The fourth-order valence-corrected chi connectivity index (χ4v) is 6.07. The number of aliphatic carboxylic acids is 1. The first-order valence-electron chi connectivity index (χ1n) is 15.0. The number of likely N-dealkylation sites (N-methyl/N-ethyl adjacent to an activating group) is 1. The van der Waals surface area contributed by atoms with Crippen molar-refractivity contribution in [2.75, 3.05) is 20.6 Å². The summed E-state index contributed by atoms with van der Waals surface area (Å²) in [6.45, 7) is 9.07. The number of amides is 1. The third-order valence-electron chi connectivity index (χ3n) is 7.80. The van der Waals surface area contributed by atoms with Crippen molar-refractivity contribution in [2.45, 2.75) is 72.1 Å². The maximum atomic E-state index is 15.6. The van der Waals surface area contributed by atoms with Crippen LogP contribution in [0.5, 0.6) is 0 Å². The maximum Gasteiger partial charge on any atom is 0.419 e. The molecule has 2 atom stereocenters. The van der Waals surface area contributed by atoms with Crippen molar-refractivity contribution in [2.24, 2.45) is 5.92 Å². The first-order chi connectivity index (χ1) is 21.7. The molecule has 0 bridgehead atoms. The highest BCUT2D eigenvalue weighted by Gasteiger charge is 2.40. The van der Waals surface area contributed by atoms with Crippen LogP contribution in [-0.4, -0.2) is 47.1 Å². The molecule has 0 saturated heterocycles. The van der Waals surface area contributed by atoms with Crippen molar-refractivity contribution in [1.29, 1.82) is 0 Å². The number of aryl methyl sites for hydroxylation is 3. The summed E-state index contributed by atoms with van der Waals surface area (Å²) in [5.41, 5.74) is -0.257. The number of alkyl halides is 3. The van der Waals surface area contributed by atoms with Gasteiger partial charge in [-0.1, -0.05) is 43.1 Å². The first kappa shape index (κ1) is 37.7. The van der Waals surface area contributed by atoms with Gasteiger partial charge in [-0.15, -0.1) is 0 Å². The molecule has 3 aromatic rings. The van der Waals surface area contributed by atoms with E-state index in [0.29, 0.717) is 10.1 Å². The minimum atomic E-state index is -5.18. The van der Waals surface area contributed by atoms with Crippen molar-refractivity contribution in [3.8, 4) is 11.1 Å². The molecule has 0 aliphatic rings. The molecule has 7 nitrogen and oxygen atoms in total. The van der Waals surface area contributed by atoms with Gasteiger partial charge in [-0.2, -0.15) is 13.2 Å². The van der Waals surface area contributed by atoms with E-state index >= 15 is 8.78 Å². The minimum absolute atomic E-state index is 0.0821. The van der Waals surface area contributed by atoms with Gasteiger partial charge in [0.15, 0.2) is 0 Å². The van der Waals surface area contributed by atoms with Gasteiger partial charge < -0.3 is 19.9 Å². The minimum Gasteiger partial charge on any atom is -0.481 e. The van der Waals surface area contributed by atoms with E-state index in [4.69, 9.17) is 11.6 Å². The van der Waals surface area contributed by atoms with Gasteiger partial charge in [-0.3, -0.25) is 14.4 Å². The monoisotopic (exact) mass is 683 g/mol. The fraction of sp³-hybridized carbons (Fsp3) is 0.441. The number of carbonyl (C=O) groups is 2. The summed E-state index contributed by atoms with van der Waals surface area (Å²) < 4.78 is 73.2. The number of halogens is 6. The molecule has 13 heteroatoms. The number of nitrogens with zero attached hydrogens (tertiary/aromatic N) is 2. The Labute approximate surface area is 275 Å². The zero-order valence-electron chi connectivity index (χ0n) is 27.3. The predicted molar refractivity (Wildman–Crippen MR) is 171 cm³/mol. The highest BCUT2D eigenvalue weighted by Crippen LogP contribution is 2.37. The number of hydrogen-bond donors (Lipinski definition) is 2. The lowest BCUT2D eigenvalue weighted by Gasteiger charge is -2.27. The number of aromatic nitrogens is 1. The van der Waals surface area contributed by atoms with Crippen LogP contribution in [0.1, 0.15) is 72.2 Å². The Morgan fingerprint density at radius 3 is 2.13 bits per heavy atom. The molecular weight excluding hydrogens is 645 g/mol. The number of benzene rings is 2. The third kappa shape index (κ3) is 8.98. The van der Waals surface area contributed by atoms with Gasteiger partial charge in [0.25, 0.3) is 5.56 Å². The third-order valence-corrected chi connectivity index (χ3v) is 8.07. The molecule has 2 aromatic carbocycles. The fourth-order valence-electron chi connectivity index (χ4n) is 5.84. The summed E-state index contributed by atoms with van der Waals surface area (Å²) in [6, 6.07) is 3.55. The van der Waals surface area contributed by atoms with Crippen molar-refractivity contribution < 1.29 is 36.6 Å². The van der Waals surface area contributed by atoms with Crippen LogP contribution in [0.25, 0.3) is 11.1 Å². The molecule has 2 N–H and O–H groups in total. The molecule has 0 spiro atoms. The first-order valence-corrected chi connectivity index (χ1v) is 15.3. The lowest BCUT2D eigenvalue weighted by molar-refractivity contribution is -0.141. The summed E-state index contributed by atoms with van der Waals surface area (Å²) >= 11 is 6.29. The Hall–Kier alpha value is -3.77. The smallest absolute Gasteiger partial charge is 0.419 e. The lowest BCUT2D eigenvalue weighted by atomic mass is 9.91. The number of carboxylic acids is 1. The van der Waals surface area contributed by atoms with E-state index < -0.39 is 64.9 Å². The van der Waals surface area contributed by atoms with Crippen LogP contribution < -0.4 is 10.9 Å². The molecule has 0 radical (unpaired) electrons. The van der Waals surface area contributed by atoms with Crippen LogP contribution >= 0.6 is 11.6 Å². The number of rotatable bonds is 12. The van der Waals surface area contributed by atoms with E-state index in [-0.39, 0.29) is 35.9 Å². The number of carbonyl (C=O) groups excluding carboxylic acids is 1. The Morgan fingerprint density at radius 2 is 1.62 bits per heavy atom. The second-order valence-electron chi connectivity index (χ2n) is 12.5. The van der Waals surface area contributed by atoms with Crippen LogP contribution in [0.2, 0.25) is 5.02 Å². The molecule has 256 valence electrons. The van der Waals surface area contributed by atoms with E-state index in [1.807, 2.05) is 32.9 Å². The molecule has 0 aliphatic carbocycles. The largest absolute Gasteiger partial charge is 0.481 e. The van der Waals surface area contributed by atoms with E-state index in [0.717, 1.165) is 28.5 Å². The van der Waals surface area contributed by atoms with Crippen LogP contribution in [0.3, 0.4) is 0 Å². The van der Waals surface area contributed by atoms with Gasteiger partial charge in [0.2, 0.25) is 11.7 Å². The molecule has 1 heterocycles. The van der Waals surface area contributed by atoms with Crippen molar-refractivity contribution in [1.82, 2.24) is 14.8 Å². The van der Waals surface area contributed by atoms with Gasteiger partial charge in [0.1, 0.15) is 17.4 Å². The molecule has 0 fully saturated rings. The topological polar surface area (TPSA) is 91.6 Å². The highest BCUT2D eigenvalue weighted by molar-refractivity contribution is 6.31. The average molecular weight is 684 g/mol. The number of carboxylic acid groups (broad SMARTS) is 1. The molecule has 2 unspecified atom stereocenters. The van der Waals surface area contributed by atoms with Crippen molar-refractivity contribution >= 4 is 23.5 Å². The molecule has 1 amide bonds. The normalized spacial score (nSPS) is 13.3. The van der Waals surface area contributed by atoms with Gasteiger partial charge in [0.05, 0.1) is 17.5 Å². The van der Waals surface area contributed by atoms with Gasteiger partial charge >= 0.3 is 12.1 Å². The predicted octanol–water partition coefficient (Wildman–Crippen LogP) is 7.41. The zero-order valence-corrected chi connectivity index (χ0v) is 28.0. The van der Waals surface area contributed by atoms with Gasteiger partial charge in [-0.05, 0) is 93.6 Å². The SMILES string of the molecule is Cc1cc(C)c(-c2cc(Cl)c(F)c(C(CC(=O)O)NC(=O)C(CC(C)C)n3cc(CCN(C)C)c(C(F)(F)F)c(F)c3=O)c2)c(C)c1. The second-order valence-corrected chi connectivity index (χ2v) is 13.0. The van der Waals surface area contributed by atoms with Gasteiger partial charge in [-0.25, -0.2) is 8.78 Å². The summed E-state index contributed by atoms with van der Waals surface area (Å²) in [7, 11) is 3.22. The van der Waals surface area contributed by atoms with Gasteiger partial charge in [0, 0.05) is 18.3 Å². The summed E-state index contributed by atoms with van der Waals surface area (Å²) in [6.07, 6.45) is -5.56. The summed E-state index contributed by atoms with van der Waals surface area (Å²) in [5.74, 6) is -5.76. The second kappa shape index (κ2) is 15.0. The summed E-state index contributed by atoms with van der Waals surface area (Å²) in [4.78, 5) is 40.5. The van der Waals surface area contributed by atoms with Crippen molar-refractivity contribution in [3.05, 3.63) is 90.9 Å². The van der Waals surface area contributed by atoms with E-state index in [9.17, 15) is 32.7 Å². The molecule has 0 aliphatic heterocycles. The summed E-state index contributed by atoms with van der Waals surface area (Å²) in [5, 5.41) is 11.9. The quantitative estimate of drug-likeness (QED) is 0.194. The van der Waals surface area contributed by atoms with Crippen LogP contribution in [0.4, 0.5) is 22.0 Å². The van der Waals surface area contributed by atoms with Crippen LogP contribution in [0.15, 0.2) is 35.3 Å². The Bertz CT molecular complexity index is 1700. The number of nitrogens with one attached hydrogen (secondary N) is 1. The van der Waals surface area contributed by atoms with Crippen LogP contribution in [-0.2, 0) is 22.2 Å². The molecule has 47 heavy (non-hydrogen) atoms. The molecule has 0 saturated carbocycles. The maximum absolute atomic E-state index is 15.6. The number of hydrogen-bond acceptors (Lipinski definition) is 4. The zero-order chi connectivity index (χ0) is 35.5. The Balaban J connectivity index is 2.19. The molecule has 3 rings (SSSR count). The van der Waals surface area contributed by atoms with E-state index in [1.54, 1.807) is 32.8 Å². The number of pyridine rings is 1. The Morgan fingerprint density at radius 1 is 1.02 bits per heavy atom. The molecule has 1 aromatic heterocycles. The average Bonchev–Trinajstić information content (AvgIpc) is 2.92. The van der Waals surface area contributed by atoms with E-state index in [1.165, 1.54) is 12.1 Å². The highest BCUT2D eigenvalue weighted by atomic mass is 35.5.